The monoisotopic (exact) mass is 322 g/mol. The summed E-state index contributed by atoms with van der Waals surface area (Å²) in [4.78, 5) is 22.5. The zero-order valence-corrected chi connectivity index (χ0v) is 12.4. The van der Waals surface area contributed by atoms with Gasteiger partial charge in [-0.15, -0.1) is 0 Å². The third-order valence-corrected chi connectivity index (χ3v) is 4.75. The molecule has 0 aliphatic heterocycles. The number of aliphatic carboxylic acids is 1. The molecular weight excluding hydrogens is 308 g/mol. The lowest BCUT2D eigenvalue weighted by molar-refractivity contribution is -0.144. The number of carboxylic acid groups (broad SMARTS) is 1. The van der Waals surface area contributed by atoms with Gasteiger partial charge in [-0.25, -0.2) is 12.4 Å². The summed E-state index contributed by atoms with van der Waals surface area (Å²) in [5.41, 5.74) is 0.0364. The van der Waals surface area contributed by atoms with Crippen LogP contribution >= 0.6 is 0 Å². The van der Waals surface area contributed by atoms with E-state index in [0.29, 0.717) is 0 Å². The molecule has 0 saturated heterocycles. The lowest BCUT2D eigenvalue weighted by Gasteiger charge is -2.13. The summed E-state index contributed by atoms with van der Waals surface area (Å²) in [5.74, 6) is -3.37. The first-order valence-corrected chi connectivity index (χ1v) is 7.79. The number of nitrogens with zero attached hydrogens (tertiary/aromatic N) is 1. The smallest absolute Gasteiger partial charge is 0.315 e. The number of nitrogens with one attached hydrogen (secondary N) is 1. The Kier molecular flexibility index (Phi) is 4.32. The van der Waals surface area contributed by atoms with Crippen LogP contribution in [0.3, 0.4) is 0 Å². The molecule has 1 unspecified atom stereocenters. The molecule has 1 amide bonds. The van der Waals surface area contributed by atoms with Crippen molar-refractivity contribution in [3.63, 3.8) is 0 Å². The number of amides is 1. The van der Waals surface area contributed by atoms with E-state index in [1.165, 1.54) is 37.5 Å². The molecule has 0 saturated carbocycles. The average molecular weight is 322 g/mol. The molecule has 7 nitrogen and oxygen atoms in total. The summed E-state index contributed by atoms with van der Waals surface area (Å²) in [6.45, 7) is 1.22. The maximum Gasteiger partial charge on any atom is 0.315 e. The second-order valence-corrected chi connectivity index (χ2v) is 6.37. The minimum Gasteiger partial charge on any atom is -0.481 e. The van der Waals surface area contributed by atoms with Gasteiger partial charge in [0.15, 0.2) is 0 Å². The fourth-order valence-corrected chi connectivity index (χ4v) is 3.08. The molecule has 116 valence electrons. The van der Waals surface area contributed by atoms with E-state index in [1.54, 1.807) is 18.2 Å². The molecule has 1 aromatic heterocycles. The predicted octanol–water partition coefficient (Wildman–Crippen LogP) is 1.38. The van der Waals surface area contributed by atoms with Gasteiger partial charge in [-0.2, -0.15) is 0 Å². The third-order valence-electron chi connectivity index (χ3n) is 3.04. The molecule has 2 rings (SSSR count). The van der Waals surface area contributed by atoms with Gasteiger partial charge in [0.25, 0.3) is 10.0 Å². The van der Waals surface area contributed by atoms with Crippen molar-refractivity contribution >= 4 is 27.6 Å². The van der Waals surface area contributed by atoms with Crippen LogP contribution in [0, 0.1) is 5.92 Å². The van der Waals surface area contributed by atoms with Crippen LogP contribution in [-0.4, -0.2) is 29.4 Å². The van der Waals surface area contributed by atoms with Crippen LogP contribution in [0.5, 0.6) is 0 Å². The fourth-order valence-electron chi connectivity index (χ4n) is 1.74. The van der Waals surface area contributed by atoms with Crippen molar-refractivity contribution < 1.29 is 23.1 Å². The minimum absolute atomic E-state index is 0.0364. The van der Waals surface area contributed by atoms with Crippen LogP contribution in [0.25, 0.3) is 0 Å². The highest BCUT2D eigenvalue weighted by molar-refractivity contribution is 7.90. The number of carboxylic acids is 1. The molecule has 1 atom stereocenters. The molecule has 0 aliphatic carbocycles. The number of carbonyl (C=O) groups excluding carboxylic acids is 1. The topological polar surface area (TPSA) is 105 Å². The summed E-state index contributed by atoms with van der Waals surface area (Å²) < 4.78 is 26.0. The van der Waals surface area contributed by atoms with E-state index in [-0.39, 0.29) is 10.6 Å². The molecule has 2 aromatic rings. The maximum absolute atomic E-state index is 12.5. The average Bonchev–Trinajstić information content (AvgIpc) is 3.01. The predicted molar refractivity (Wildman–Crippen MR) is 78.9 cm³/mol. The van der Waals surface area contributed by atoms with Gasteiger partial charge in [0.1, 0.15) is 10.8 Å². The van der Waals surface area contributed by atoms with Crippen LogP contribution in [0.1, 0.15) is 6.92 Å². The Hall–Kier alpha value is -2.61. The van der Waals surface area contributed by atoms with E-state index in [4.69, 9.17) is 5.11 Å². The Labute approximate surface area is 127 Å². The second-order valence-electron chi connectivity index (χ2n) is 4.56. The van der Waals surface area contributed by atoms with Crippen molar-refractivity contribution in [3.05, 3.63) is 48.8 Å². The molecule has 0 radical (unpaired) electrons. The van der Waals surface area contributed by atoms with Crippen molar-refractivity contribution in [1.82, 2.24) is 3.97 Å². The summed E-state index contributed by atoms with van der Waals surface area (Å²) in [5, 5.41) is 11.2. The first kappa shape index (κ1) is 15.8. The van der Waals surface area contributed by atoms with Crippen molar-refractivity contribution in [2.45, 2.75) is 11.8 Å². The number of carbonyl (C=O) groups is 2. The number of benzene rings is 1. The van der Waals surface area contributed by atoms with E-state index in [2.05, 4.69) is 5.32 Å². The first-order chi connectivity index (χ1) is 10.3. The minimum atomic E-state index is -3.86. The molecule has 0 fully saturated rings. The Morgan fingerprint density at radius 2 is 1.73 bits per heavy atom. The molecule has 8 heteroatoms. The van der Waals surface area contributed by atoms with Gasteiger partial charge in [0.2, 0.25) is 5.91 Å². The van der Waals surface area contributed by atoms with Gasteiger partial charge in [-0.05, 0) is 31.2 Å². The van der Waals surface area contributed by atoms with Gasteiger partial charge >= 0.3 is 5.97 Å². The Morgan fingerprint density at radius 1 is 1.14 bits per heavy atom. The van der Waals surface area contributed by atoms with Crippen molar-refractivity contribution in [3.8, 4) is 0 Å². The van der Waals surface area contributed by atoms with Gasteiger partial charge in [0.05, 0.1) is 5.69 Å². The van der Waals surface area contributed by atoms with Crippen LogP contribution in [0.4, 0.5) is 5.69 Å². The molecule has 0 aliphatic rings. The van der Waals surface area contributed by atoms with Gasteiger partial charge in [-0.3, -0.25) is 9.59 Å². The number of anilines is 1. The molecule has 1 aromatic carbocycles. The molecule has 1 heterocycles. The number of para-hydroxylation sites is 1. The molecule has 22 heavy (non-hydrogen) atoms. The summed E-state index contributed by atoms with van der Waals surface area (Å²) in [6, 6.07) is 8.94. The molecule has 0 bridgehead atoms. The Bertz CT molecular complexity index is 796. The van der Waals surface area contributed by atoms with E-state index < -0.39 is 27.8 Å². The fraction of sp³-hybridized carbons (Fsp3) is 0.143. The van der Waals surface area contributed by atoms with Gasteiger partial charge in [0, 0.05) is 12.4 Å². The molecular formula is C14H14N2O5S. The quantitative estimate of drug-likeness (QED) is 0.809. The SMILES string of the molecule is CC(C(=O)O)C(=O)Nc1ccccc1S(=O)(=O)n1cccc1. The number of aromatic nitrogens is 1. The van der Waals surface area contributed by atoms with E-state index in [9.17, 15) is 18.0 Å². The van der Waals surface area contributed by atoms with E-state index in [1.807, 2.05) is 0 Å². The highest BCUT2D eigenvalue weighted by atomic mass is 32.2. The maximum atomic E-state index is 12.5. The van der Waals surface area contributed by atoms with E-state index in [0.717, 1.165) is 3.97 Å². The number of hydrogen-bond donors (Lipinski definition) is 2. The normalized spacial score (nSPS) is 12.6. The zero-order chi connectivity index (χ0) is 16.3. The highest BCUT2D eigenvalue weighted by Crippen LogP contribution is 2.23. The van der Waals surface area contributed by atoms with Crippen molar-refractivity contribution in [2.75, 3.05) is 5.32 Å². The van der Waals surface area contributed by atoms with Crippen molar-refractivity contribution in [2.24, 2.45) is 5.92 Å². The zero-order valence-electron chi connectivity index (χ0n) is 11.6. The van der Waals surface area contributed by atoms with Gasteiger partial charge < -0.3 is 10.4 Å². The van der Waals surface area contributed by atoms with Crippen LogP contribution < -0.4 is 5.32 Å². The van der Waals surface area contributed by atoms with Crippen LogP contribution in [-0.2, 0) is 19.6 Å². The standard InChI is InChI=1S/C14H14N2O5S/c1-10(14(18)19)13(17)15-11-6-2-3-7-12(11)22(20,21)16-8-4-5-9-16/h2-10H,1H3,(H,15,17)(H,18,19). The Balaban J connectivity index is 2.40. The summed E-state index contributed by atoms with van der Waals surface area (Å²) >= 11 is 0. The number of rotatable bonds is 5. The van der Waals surface area contributed by atoms with Gasteiger partial charge in [-0.1, -0.05) is 12.1 Å². The van der Waals surface area contributed by atoms with Crippen LogP contribution in [0.15, 0.2) is 53.7 Å². The first-order valence-electron chi connectivity index (χ1n) is 6.35. The largest absolute Gasteiger partial charge is 0.481 e. The summed E-state index contributed by atoms with van der Waals surface area (Å²) in [6.07, 6.45) is 2.74. The lowest BCUT2D eigenvalue weighted by Crippen LogP contribution is -2.27. The number of hydrogen-bond acceptors (Lipinski definition) is 4. The van der Waals surface area contributed by atoms with E-state index >= 15 is 0 Å². The highest BCUT2D eigenvalue weighted by Gasteiger charge is 2.24. The molecule has 0 spiro atoms. The van der Waals surface area contributed by atoms with Crippen molar-refractivity contribution in [1.29, 1.82) is 0 Å². The Morgan fingerprint density at radius 3 is 2.32 bits per heavy atom. The molecule has 2 N–H and O–H groups in total. The third kappa shape index (κ3) is 3.01. The second kappa shape index (κ2) is 6.02. The lowest BCUT2D eigenvalue weighted by atomic mass is 10.1. The summed E-state index contributed by atoms with van der Waals surface area (Å²) in [7, 11) is -3.86. The van der Waals surface area contributed by atoms with Crippen LogP contribution in [0.2, 0.25) is 0 Å².